The average Bonchev–Trinajstić information content (AvgIpc) is 3.18. The van der Waals surface area contributed by atoms with Crippen molar-refractivity contribution in [2.75, 3.05) is 40.4 Å². The van der Waals surface area contributed by atoms with Gasteiger partial charge in [-0.1, -0.05) is 6.42 Å². The fourth-order valence-electron chi connectivity index (χ4n) is 3.58. The van der Waals surface area contributed by atoms with Crippen molar-refractivity contribution in [3.05, 3.63) is 30.0 Å². The molecule has 2 aromatic rings. The van der Waals surface area contributed by atoms with E-state index in [9.17, 15) is 4.79 Å². The summed E-state index contributed by atoms with van der Waals surface area (Å²) in [6.07, 6.45) is 3.82. The predicted molar refractivity (Wildman–Crippen MR) is 109 cm³/mol. The Bertz CT molecular complexity index is 797. The zero-order chi connectivity index (χ0) is 19.9. The molecular weight excluding hydrogens is 356 g/mol. The second kappa shape index (κ2) is 9.59. The molecule has 7 nitrogen and oxygen atoms in total. The number of rotatable bonds is 8. The van der Waals surface area contributed by atoms with Gasteiger partial charge >= 0.3 is 0 Å². The molecule has 1 fully saturated rings. The van der Waals surface area contributed by atoms with Gasteiger partial charge in [-0.25, -0.2) is 0 Å². The first-order valence-corrected chi connectivity index (χ1v) is 9.97. The quantitative estimate of drug-likeness (QED) is 0.756. The minimum absolute atomic E-state index is 0.0925. The van der Waals surface area contributed by atoms with Crippen molar-refractivity contribution < 1.29 is 14.3 Å². The van der Waals surface area contributed by atoms with E-state index in [1.165, 1.54) is 19.3 Å². The summed E-state index contributed by atoms with van der Waals surface area (Å²) in [5.41, 5.74) is 2.11. The Morgan fingerprint density at radius 1 is 1.14 bits per heavy atom. The molecule has 1 amide bonds. The zero-order valence-electron chi connectivity index (χ0n) is 17.0. The molecule has 0 atom stereocenters. The van der Waals surface area contributed by atoms with E-state index in [2.05, 4.69) is 15.3 Å². The number of nitrogens with one attached hydrogen (secondary N) is 1. The fraction of sp³-hybridized carbons (Fsp3) is 0.524. The molecular formula is C21H30N4O3. The standard InChI is InChI=1S/C21H30N4O3/c1-4-25-19(21(26)22-10-13-24-11-6-5-7-12-24)15-18(23-25)17-9-8-16(27-2)14-20(17)28-3/h8-9,14-15H,4-7,10-13H2,1-3H3,(H,22,26). The molecule has 1 aromatic carbocycles. The highest BCUT2D eigenvalue weighted by molar-refractivity contribution is 5.94. The van der Waals surface area contributed by atoms with Crippen molar-refractivity contribution in [2.45, 2.75) is 32.7 Å². The lowest BCUT2D eigenvalue weighted by atomic mass is 10.1. The van der Waals surface area contributed by atoms with Crippen LogP contribution in [0, 0.1) is 0 Å². The molecule has 0 spiro atoms. The van der Waals surface area contributed by atoms with Crippen molar-refractivity contribution in [3.63, 3.8) is 0 Å². The summed E-state index contributed by atoms with van der Waals surface area (Å²) in [7, 11) is 3.23. The Morgan fingerprint density at radius 2 is 1.93 bits per heavy atom. The van der Waals surface area contributed by atoms with Crippen molar-refractivity contribution in [2.24, 2.45) is 0 Å². The maximum absolute atomic E-state index is 12.7. The third-order valence-electron chi connectivity index (χ3n) is 5.16. The summed E-state index contributed by atoms with van der Waals surface area (Å²) in [6.45, 7) is 6.40. The van der Waals surface area contributed by atoms with Gasteiger partial charge in [-0.05, 0) is 51.1 Å². The summed E-state index contributed by atoms with van der Waals surface area (Å²) in [4.78, 5) is 15.1. The fourth-order valence-corrected chi connectivity index (χ4v) is 3.58. The minimum Gasteiger partial charge on any atom is -0.497 e. The number of aromatic nitrogens is 2. The molecule has 0 unspecified atom stereocenters. The van der Waals surface area contributed by atoms with Gasteiger partial charge in [-0.15, -0.1) is 0 Å². The van der Waals surface area contributed by atoms with Crippen LogP contribution in [0.2, 0.25) is 0 Å². The molecule has 1 N–H and O–H groups in total. The number of nitrogens with zero attached hydrogens (tertiary/aromatic N) is 3. The average molecular weight is 386 g/mol. The molecule has 1 saturated heterocycles. The van der Waals surface area contributed by atoms with Gasteiger partial charge in [0.05, 0.1) is 19.9 Å². The minimum atomic E-state index is -0.0925. The molecule has 7 heteroatoms. The molecule has 2 heterocycles. The summed E-state index contributed by atoms with van der Waals surface area (Å²) in [5.74, 6) is 1.29. The topological polar surface area (TPSA) is 68.6 Å². The number of carbonyl (C=O) groups excluding carboxylic acids is 1. The molecule has 0 radical (unpaired) electrons. The van der Waals surface area contributed by atoms with Gasteiger partial charge in [-0.3, -0.25) is 9.48 Å². The van der Waals surface area contributed by atoms with E-state index in [0.29, 0.717) is 36.0 Å². The largest absolute Gasteiger partial charge is 0.497 e. The van der Waals surface area contributed by atoms with E-state index < -0.39 is 0 Å². The first kappa shape index (κ1) is 20.2. The summed E-state index contributed by atoms with van der Waals surface area (Å²) in [6, 6.07) is 7.40. The van der Waals surface area contributed by atoms with Gasteiger partial charge in [0.2, 0.25) is 0 Å². The Hall–Kier alpha value is -2.54. The van der Waals surface area contributed by atoms with E-state index in [0.717, 1.165) is 25.2 Å². The monoisotopic (exact) mass is 386 g/mol. The Morgan fingerprint density at radius 3 is 2.61 bits per heavy atom. The lowest BCUT2D eigenvalue weighted by Gasteiger charge is -2.26. The molecule has 0 saturated carbocycles. The number of ether oxygens (including phenoxy) is 2. The van der Waals surface area contributed by atoms with Gasteiger partial charge in [0.25, 0.3) is 5.91 Å². The van der Waals surface area contributed by atoms with Gasteiger partial charge in [0, 0.05) is 31.3 Å². The van der Waals surface area contributed by atoms with Crippen LogP contribution in [0.1, 0.15) is 36.7 Å². The number of piperidine rings is 1. The first-order chi connectivity index (χ1) is 13.7. The van der Waals surface area contributed by atoms with E-state index >= 15 is 0 Å². The smallest absolute Gasteiger partial charge is 0.269 e. The van der Waals surface area contributed by atoms with Crippen LogP contribution in [0.5, 0.6) is 11.5 Å². The Kier molecular flexibility index (Phi) is 6.92. The van der Waals surface area contributed by atoms with Crippen LogP contribution in [0.4, 0.5) is 0 Å². The van der Waals surface area contributed by atoms with E-state index in [4.69, 9.17) is 9.47 Å². The van der Waals surface area contributed by atoms with Crippen molar-refractivity contribution in [1.82, 2.24) is 20.0 Å². The molecule has 0 aliphatic carbocycles. The van der Waals surface area contributed by atoms with Gasteiger partial charge in [-0.2, -0.15) is 5.10 Å². The van der Waals surface area contributed by atoms with E-state index in [1.54, 1.807) is 18.9 Å². The number of benzene rings is 1. The van der Waals surface area contributed by atoms with E-state index in [-0.39, 0.29) is 5.91 Å². The second-order valence-electron chi connectivity index (χ2n) is 6.95. The van der Waals surface area contributed by atoms with Crippen LogP contribution in [-0.4, -0.2) is 61.0 Å². The number of methoxy groups -OCH3 is 2. The maximum Gasteiger partial charge on any atom is 0.269 e. The van der Waals surface area contributed by atoms with Crippen LogP contribution in [0.3, 0.4) is 0 Å². The van der Waals surface area contributed by atoms with Crippen molar-refractivity contribution >= 4 is 5.91 Å². The molecule has 3 rings (SSSR count). The van der Waals surface area contributed by atoms with Crippen LogP contribution < -0.4 is 14.8 Å². The molecule has 152 valence electrons. The van der Waals surface area contributed by atoms with Gasteiger partial charge < -0.3 is 19.7 Å². The SMILES string of the molecule is CCn1nc(-c2ccc(OC)cc2OC)cc1C(=O)NCCN1CCCCC1. The number of hydrogen-bond acceptors (Lipinski definition) is 5. The Labute approximate surface area is 166 Å². The van der Waals surface area contributed by atoms with Crippen LogP contribution >= 0.6 is 0 Å². The number of hydrogen-bond donors (Lipinski definition) is 1. The molecule has 1 aromatic heterocycles. The second-order valence-corrected chi connectivity index (χ2v) is 6.95. The van der Waals surface area contributed by atoms with Crippen LogP contribution in [0.15, 0.2) is 24.3 Å². The number of likely N-dealkylation sites (tertiary alicyclic amines) is 1. The van der Waals surface area contributed by atoms with Crippen molar-refractivity contribution in [3.8, 4) is 22.8 Å². The van der Waals surface area contributed by atoms with Crippen LogP contribution in [-0.2, 0) is 6.54 Å². The van der Waals surface area contributed by atoms with Crippen LogP contribution in [0.25, 0.3) is 11.3 Å². The predicted octanol–water partition coefficient (Wildman–Crippen LogP) is 2.80. The Balaban J connectivity index is 1.72. The summed E-state index contributed by atoms with van der Waals surface area (Å²) < 4.78 is 12.5. The highest BCUT2D eigenvalue weighted by Gasteiger charge is 2.18. The molecule has 1 aliphatic heterocycles. The lowest BCUT2D eigenvalue weighted by molar-refractivity contribution is 0.0936. The lowest BCUT2D eigenvalue weighted by Crippen LogP contribution is -2.38. The van der Waals surface area contributed by atoms with Crippen molar-refractivity contribution in [1.29, 1.82) is 0 Å². The van der Waals surface area contributed by atoms with Gasteiger partial charge in [0.1, 0.15) is 17.2 Å². The zero-order valence-corrected chi connectivity index (χ0v) is 17.0. The molecule has 0 bridgehead atoms. The summed E-state index contributed by atoms with van der Waals surface area (Å²) in [5, 5.41) is 7.65. The third-order valence-corrected chi connectivity index (χ3v) is 5.16. The number of amides is 1. The number of aryl methyl sites for hydroxylation is 1. The normalized spacial score (nSPS) is 14.7. The van der Waals surface area contributed by atoms with Gasteiger partial charge in [0.15, 0.2) is 0 Å². The molecule has 1 aliphatic rings. The highest BCUT2D eigenvalue weighted by Crippen LogP contribution is 2.32. The third kappa shape index (κ3) is 4.65. The summed E-state index contributed by atoms with van der Waals surface area (Å²) >= 11 is 0. The number of carbonyl (C=O) groups is 1. The highest BCUT2D eigenvalue weighted by atomic mass is 16.5. The van der Waals surface area contributed by atoms with E-state index in [1.807, 2.05) is 31.2 Å². The maximum atomic E-state index is 12.7. The first-order valence-electron chi connectivity index (χ1n) is 9.97. The molecule has 28 heavy (non-hydrogen) atoms.